The number of carbonyl (C=O) groups is 1. The highest BCUT2D eigenvalue weighted by Gasteiger charge is 2.12. The molecule has 88 valence electrons. The summed E-state index contributed by atoms with van der Waals surface area (Å²) < 4.78 is 5.32. The number of benzene rings is 1. The summed E-state index contributed by atoms with van der Waals surface area (Å²) in [6, 6.07) is 11.1. The van der Waals surface area contributed by atoms with Crippen LogP contribution >= 0.6 is 0 Å². The molecule has 3 heteroatoms. The number of furan rings is 1. The first kappa shape index (κ1) is 11.5. The van der Waals surface area contributed by atoms with Gasteiger partial charge in [0.1, 0.15) is 5.76 Å². The molecule has 0 aliphatic heterocycles. The molecule has 0 bridgehead atoms. The van der Waals surface area contributed by atoms with Crippen molar-refractivity contribution in [1.82, 2.24) is 0 Å². The van der Waals surface area contributed by atoms with Crippen molar-refractivity contribution in [3.63, 3.8) is 0 Å². The van der Waals surface area contributed by atoms with Crippen molar-refractivity contribution >= 4 is 5.97 Å². The summed E-state index contributed by atoms with van der Waals surface area (Å²) in [6.45, 7) is 2.11. The molecule has 3 nitrogen and oxygen atoms in total. The molecule has 2 aromatic rings. The summed E-state index contributed by atoms with van der Waals surface area (Å²) in [4.78, 5) is 10.8. The number of aromatic carboxylic acids is 1. The molecule has 1 aromatic heterocycles. The zero-order valence-electron chi connectivity index (χ0n) is 9.64. The van der Waals surface area contributed by atoms with Crippen LogP contribution in [0.2, 0.25) is 0 Å². The van der Waals surface area contributed by atoms with Crippen molar-refractivity contribution in [3.05, 3.63) is 47.7 Å². The van der Waals surface area contributed by atoms with Crippen LogP contribution in [0.25, 0.3) is 11.3 Å². The van der Waals surface area contributed by atoms with Crippen molar-refractivity contribution in [2.45, 2.75) is 19.8 Å². The highest BCUT2D eigenvalue weighted by molar-refractivity contribution is 5.85. The number of rotatable bonds is 4. The van der Waals surface area contributed by atoms with Crippen LogP contribution in [0.1, 0.15) is 29.5 Å². The third kappa shape index (κ3) is 2.38. The molecule has 0 aliphatic carbocycles. The molecule has 0 unspecified atom stereocenters. The number of aryl methyl sites for hydroxylation is 1. The predicted molar refractivity (Wildman–Crippen MR) is 65.1 cm³/mol. The van der Waals surface area contributed by atoms with E-state index < -0.39 is 5.97 Å². The minimum atomic E-state index is -1.04. The van der Waals surface area contributed by atoms with Gasteiger partial charge in [-0.15, -0.1) is 0 Å². The van der Waals surface area contributed by atoms with E-state index >= 15 is 0 Å². The van der Waals surface area contributed by atoms with Crippen LogP contribution in [0.15, 0.2) is 40.8 Å². The van der Waals surface area contributed by atoms with Crippen molar-refractivity contribution in [3.8, 4) is 11.3 Å². The monoisotopic (exact) mass is 230 g/mol. The molecular weight excluding hydrogens is 216 g/mol. The lowest BCUT2D eigenvalue weighted by Gasteiger charge is -2.05. The van der Waals surface area contributed by atoms with Gasteiger partial charge in [0.25, 0.3) is 0 Å². The Balaban J connectivity index is 2.41. The van der Waals surface area contributed by atoms with Crippen LogP contribution in [0.3, 0.4) is 0 Å². The first-order valence-electron chi connectivity index (χ1n) is 5.63. The quantitative estimate of drug-likeness (QED) is 0.873. The Morgan fingerprint density at radius 2 is 2.00 bits per heavy atom. The number of hydrogen-bond donors (Lipinski definition) is 1. The molecule has 2 rings (SSSR count). The Hall–Kier alpha value is -2.03. The Bertz CT molecular complexity index is 526. The SMILES string of the molecule is CCCc1ccccc1-c1ccc(C(=O)O)o1. The molecule has 0 radical (unpaired) electrons. The van der Waals surface area contributed by atoms with E-state index in [0.717, 1.165) is 18.4 Å². The zero-order chi connectivity index (χ0) is 12.3. The highest BCUT2D eigenvalue weighted by atomic mass is 16.4. The minimum Gasteiger partial charge on any atom is -0.475 e. The van der Waals surface area contributed by atoms with Crippen LogP contribution in [0.5, 0.6) is 0 Å². The Morgan fingerprint density at radius 1 is 1.24 bits per heavy atom. The second kappa shape index (κ2) is 4.87. The van der Waals surface area contributed by atoms with E-state index in [2.05, 4.69) is 6.92 Å². The third-order valence-corrected chi connectivity index (χ3v) is 2.62. The van der Waals surface area contributed by atoms with Gasteiger partial charge in [0, 0.05) is 5.56 Å². The van der Waals surface area contributed by atoms with Gasteiger partial charge in [-0.3, -0.25) is 0 Å². The van der Waals surface area contributed by atoms with E-state index in [-0.39, 0.29) is 5.76 Å². The van der Waals surface area contributed by atoms with E-state index in [1.54, 1.807) is 6.07 Å². The van der Waals surface area contributed by atoms with E-state index in [1.165, 1.54) is 11.6 Å². The van der Waals surface area contributed by atoms with Gasteiger partial charge in [-0.25, -0.2) is 4.79 Å². The molecule has 17 heavy (non-hydrogen) atoms. The molecule has 0 saturated heterocycles. The summed E-state index contributed by atoms with van der Waals surface area (Å²) in [5.41, 5.74) is 2.16. The van der Waals surface area contributed by atoms with Crippen molar-refractivity contribution in [1.29, 1.82) is 0 Å². The lowest BCUT2D eigenvalue weighted by Crippen LogP contribution is -1.92. The Labute approximate surface area is 99.7 Å². The normalized spacial score (nSPS) is 10.4. The lowest BCUT2D eigenvalue weighted by molar-refractivity contribution is 0.0663. The Kier molecular flexibility index (Phi) is 3.28. The molecular formula is C14H14O3. The number of hydrogen-bond acceptors (Lipinski definition) is 2. The average molecular weight is 230 g/mol. The van der Waals surface area contributed by atoms with Crippen LogP contribution in [-0.4, -0.2) is 11.1 Å². The molecule has 1 aromatic carbocycles. The molecule has 0 fully saturated rings. The van der Waals surface area contributed by atoms with Gasteiger partial charge in [0.2, 0.25) is 5.76 Å². The summed E-state index contributed by atoms with van der Waals surface area (Å²) in [6.07, 6.45) is 2.00. The topological polar surface area (TPSA) is 50.4 Å². The number of carboxylic acids is 1. The van der Waals surface area contributed by atoms with Gasteiger partial charge in [0.15, 0.2) is 0 Å². The molecule has 0 atom stereocenters. The second-order valence-corrected chi connectivity index (χ2v) is 3.88. The van der Waals surface area contributed by atoms with Gasteiger partial charge in [-0.2, -0.15) is 0 Å². The van der Waals surface area contributed by atoms with Crippen LogP contribution in [0, 0.1) is 0 Å². The fraction of sp³-hybridized carbons (Fsp3) is 0.214. The Morgan fingerprint density at radius 3 is 2.65 bits per heavy atom. The predicted octanol–water partition coefficient (Wildman–Crippen LogP) is 3.60. The lowest BCUT2D eigenvalue weighted by atomic mass is 10.0. The maximum atomic E-state index is 10.8. The van der Waals surface area contributed by atoms with Crippen LogP contribution < -0.4 is 0 Å². The van der Waals surface area contributed by atoms with E-state index in [0.29, 0.717) is 5.76 Å². The summed E-state index contributed by atoms with van der Waals surface area (Å²) in [7, 11) is 0. The standard InChI is InChI=1S/C14H14O3/c1-2-5-10-6-3-4-7-11(10)12-8-9-13(17-12)14(15)16/h3-4,6-9H,2,5H2,1H3,(H,15,16). The van der Waals surface area contributed by atoms with Crippen molar-refractivity contribution in [2.24, 2.45) is 0 Å². The van der Waals surface area contributed by atoms with E-state index in [9.17, 15) is 4.79 Å². The van der Waals surface area contributed by atoms with Crippen molar-refractivity contribution < 1.29 is 14.3 Å². The van der Waals surface area contributed by atoms with Gasteiger partial charge in [0.05, 0.1) is 0 Å². The van der Waals surface area contributed by atoms with Crippen LogP contribution in [-0.2, 0) is 6.42 Å². The first-order chi connectivity index (χ1) is 8.22. The zero-order valence-corrected chi connectivity index (χ0v) is 9.64. The maximum Gasteiger partial charge on any atom is 0.371 e. The molecule has 0 amide bonds. The second-order valence-electron chi connectivity index (χ2n) is 3.88. The smallest absolute Gasteiger partial charge is 0.371 e. The van der Waals surface area contributed by atoms with Gasteiger partial charge < -0.3 is 9.52 Å². The molecule has 1 heterocycles. The van der Waals surface area contributed by atoms with E-state index in [1.807, 2.05) is 24.3 Å². The van der Waals surface area contributed by atoms with Crippen molar-refractivity contribution in [2.75, 3.05) is 0 Å². The fourth-order valence-corrected chi connectivity index (χ4v) is 1.85. The van der Waals surface area contributed by atoms with Crippen LogP contribution in [0.4, 0.5) is 0 Å². The molecule has 1 N–H and O–H groups in total. The van der Waals surface area contributed by atoms with Gasteiger partial charge in [-0.1, -0.05) is 37.6 Å². The highest BCUT2D eigenvalue weighted by Crippen LogP contribution is 2.26. The third-order valence-electron chi connectivity index (χ3n) is 2.62. The summed E-state index contributed by atoms with van der Waals surface area (Å²) in [5.74, 6) is -0.443. The van der Waals surface area contributed by atoms with E-state index in [4.69, 9.17) is 9.52 Å². The maximum absolute atomic E-state index is 10.8. The van der Waals surface area contributed by atoms with Gasteiger partial charge >= 0.3 is 5.97 Å². The molecule has 0 spiro atoms. The molecule has 0 aliphatic rings. The largest absolute Gasteiger partial charge is 0.475 e. The number of carboxylic acid groups (broad SMARTS) is 1. The summed E-state index contributed by atoms with van der Waals surface area (Å²) in [5, 5.41) is 8.82. The average Bonchev–Trinajstić information content (AvgIpc) is 2.79. The van der Waals surface area contributed by atoms with Gasteiger partial charge in [-0.05, 0) is 24.1 Å². The minimum absolute atomic E-state index is 0.0219. The molecule has 0 saturated carbocycles. The fourth-order valence-electron chi connectivity index (χ4n) is 1.85. The summed E-state index contributed by atoms with van der Waals surface area (Å²) >= 11 is 0. The first-order valence-corrected chi connectivity index (χ1v) is 5.63.